The third-order valence-corrected chi connectivity index (χ3v) is 3.10. The third kappa shape index (κ3) is 3.01. The van der Waals surface area contributed by atoms with Crippen LogP contribution in [-0.2, 0) is 4.74 Å². The van der Waals surface area contributed by atoms with Crippen molar-refractivity contribution in [2.75, 3.05) is 24.6 Å². The molecular formula is C11H14Cl2N2O2. The van der Waals surface area contributed by atoms with Crippen molar-refractivity contribution in [3.05, 3.63) is 22.3 Å². The van der Waals surface area contributed by atoms with E-state index in [0.29, 0.717) is 29.0 Å². The van der Waals surface area contributed by atoms with Gasteiger partial charge in [0.05, 0.1) is 28.9 Å². The van der Waals surface area contributed by atoms with Crippen molar-refractivity contribution < 1.29 is 9.84 Å². The molecule has 2 atom stereocenters. The highest BCUT2D eigenvalue weighted by atomic mass is 35.5. The lowest BCUT2D eigenvalue weighted by molar-refractivity contribution is -0.0422. The first-order chi connectivity index (χ1) is 8.10. The van der Waals surface area contributed by atoms with Crippen LogP contribution in [0.4, 0.5) is 5.82 Å². The van der Waals surface area contributed by atoms with Crippen LogP contribution in [0.3, 0.4) is 0 Å². The van der Waals surface area contributed by atoms with Gasteiger partial charge in [-0.25, -0.2) is 4.98 Å². The molecule has 0 aromatic carbocycles. The van der Waals surface area contributed by atoms with E-state index in [-0.39, 0.29) is 18.8 Å². The number of pyridine rings is 1. The molecular weight excluding hydrogens is 263 g/mol. The number of rotatable bonds is 2. The zero-order chi connectivity index (χ0) is 12.4. The molecule has 4 nitrogen and oxygen atoms in total. The largest absolute Gasteiger partial charge is 0.394 e. The van der Waals surface area contributed by atoms with Gasteiger partial charge in [-0.3, -0.25) is 0 Å². The lowest BCUT2D eigenvalue weighted by atomic mass is 10.2. The maximum Gasteiger partial charge on any atom is 0.147 e. The molecule has 0 spiro atoms. The number of halogens is 2. The van der Waals surface area contributed by atoms with Gasteiger partial charge >= 0.3 is 0 Å². The lowest BCUT2D eigenvalue weighted by Gasteiger charge is -2.37. The van der Waals surface area contributed by atoms with E-state index in [2.05, 4.69) is 4.98 Å². The summed E-state index contributed by atoms with van der Waals surface area (Å²) in [4.78, 5) is 6.24. The highest BCUT2D eigenvalue weighted by Crippen LogP contribution is 2.28. The molecule has 0 saturated carbocycles. The normalized spacial score (nSPS) is 25.1. The minimum atomic E-state index is -0.202. The first-order valence-corrected chi connectivity index (χ1v) is 6.18. The maximum absolute atomic E-state index is 9.16. The molecule has 2 heterocycles. The molecule has 1 fully saturated rings. The zero-order valence-corrected chi connectivity index (χ0v) is 10.9. The molecule has 0 amide bonds. The summed E-state index contributed by atoms with van der Waals surface area (Å²) in [5.74, 6) is 0.685. The number of morpholine rings is 1. The first-order valence-electron chi connectivity index (χ1n) is 5.42. The molecule has 0 bridgehead atoms. The molecule has 1 aromatic rings. The fourth-order valence-electron chi connectivity index (χ4n) is 1.96. The summed E-state index contributed by atoms with van der Waals surface area (Å²) in [7, 11) is 0. The SMILES string of the molecule is CC1CN(c2ncc(Cl)cc2Cl)CC(CO)O1. The van der Waals surface area contributed by atoms with Gasteiger partial charge in [-0.2, -0.15) is 0 Å². The van der Waals surface area contributed by atoms with Crippen molar-refractivity contribution in [3.63, 3.8) is 0 Å². The topological polar surface area (TPSA) is 45.6 Å². The predicted octanol–water partition coefficient (Wildman–Crippen LogP) is 1.97. The Hall–Kier alpha value is -0.550. The molecule has 1 aliphatic heterocycles. The third-order valence-electron chi connectivity index (χ3n) is 2.62. The molecule has 0 radical (unpaired) electrons. The number of hydrogen-bond acceptors (Lipinski definition) is 4. The summed E-state index contributed by atoms with van der Waals surface area (Å²) in [5, 5.41) is 10.2. The fraction of sp³-hybridized carbons (Fsp3) is 0.545. The monoisotopic (exact) mass is 276 g/mol. The Balaban J connectivity index is 2.20. The van der Waals surface area contributed by atoms with Crippen LogP contribution in [-0.4, -0.2) is 42.0 Å². The standard InChI is InChI=1S/C11H14Cl2N2O2/c1-7-4-15(5-9(6-16)17-7)11-10(13)2-8(12)3-14-11/h2-3,7,9,16H,4-6H2,1H3. The molecule has 94 valence electrons. The van der Waals surface area contributed by atoms with Crippen molar-refractivity contribution in [2.45, 2.75) is 19.1 Å². The maximum atomic E-state index is 9.16. The van der Waals surface area contributed by atoms with Crippen molar-refractivity contribution in [1.82, 2.24) is 4.98 Å². The average molecular weight is 277 g/mol. The molecule has 2 rings (SSSR count). The van der Waals surface area contributed by atoms with Crippen LogP contribution >= 0.6 is 23.2 Å². The Morgan fingerprint density at radius 1 is 1.53 bits per heavy atom. The van der Waals surface area contributed by atoms with E-state index >= 15 is 0 Å². The van der Waals surface area contributed by atoms with Crippen LogP contribution in [0.5, 0.6) is 0 Å². The van der Waals surface area contributed by atoms with Gasteiger partial charge in [-0.15, -0.1) is 0 Å². The highest BCUT2D eigenvalue weighted by Gasteiger charge is 2.26. The molecule has 2 unspecified atom stereocenters. The van der Waals surface area contributed by atoms with Gasteiger partial charge in [0.15, 0.2) is 0 Å². The van der Waals surface area contributed by atoms with Crippen molar-refractivity contribution in [2.24, 2.45) is 0 Å². The fourth-order valence-corrected chi connectivity index (χ4v) is 2.46. The van der Waals surface area contributed by atoms with E-state index in [4.69, 9.17) is 33.0 Å². The van der Waals surface area contributed by atoms with Crippen LogP contribution in [0.25, 0.3) is 0 Å². The number of anilines is 1. The van der Waals surface area contributed by atoms with E-state index in [1.54, 1.807) is 12.3 Å². The molecule has 1 aromatic heterocycles. The van der Waals surface area contributed by atoms with E-state index in [9.17, 15) is 0 Å². The Labute approximate surface area is 110 Å². The Morgan fingerprint density at radius 3 is 2.94 bits per heavy atom. The molecule has 17 heavy (non-hydrogen) atoms. The smallest absolute Gasteiger partial charge is 0.147 e. The van der Waals surface area contributed by atoms with E-state index < -0.39 is 0 Å². The number of aromatic nitrogens is 1. The van der Waals surface area contributed by atoms with Crippen LogP contribution < -0.4 is 4.90 Å². The lowest BCUT2D eigenvalue weighted by Crippen LogP contribution is -2.48. The second-order valence-corrected chi connectivity index (χ2v) is 4.96. The molecule has 1 N–H and O–H groups in total. The number of nitrogens with zero attached hydrogens (tertiary/aromatic N) is 2. The molecule has 1 saturated heterocycles. The highest BCUT2D eigenvalue weighted by molar-refractivity contribution is 6.36. The summed E-state index contributed by atoms with van der Waals surface area (Å²) >= 11 is 11.9. The van der Waals surface area contributed by atoms with E-state index in [0.717, 1.165) is 0 Å². The molecule has 0 aliphatic carbocycles. The summed E-state index contributed by atoms with van der Waals surface area (Å²) in [6, 6.07) is 1.67. The number of hydrogen-bond donors (Lipinski definition) is 1. The summed E-state index contributed by atoms with van der Waals surface area (Å²) in [6.45, 7) is 3.23. The molecule has 6 heteroatoms. The van der Waals surface area contributed by atoms with Gasteiger partial charge < -0.3 is 14.7 Å². The van der Waals surface area contributed by atoms with Crippen molar-refractivity contribution in [1.29, 1.82) is 0 Å². The summed E-state index contributed by atoms with van der Waals surface area (Å²) in [5.41, 5.74) is 0. The zero-order valence-electron chi connectivity index (χ0n) is 9.44. The van der Waals surface area contributed by atoms with Crippen LogP contribution in [0, 0.1) is 0 Å². The van der Waals surface area contributed by atoms with Gasteiger partial charge in [0.25, 0.3) is 0 Å². The van der Waals surface area contributed by atoms with Crippen molar-refractivity contribution >= 4 is 29.0 Å². The van der Waals surface area contributed by atoms with Gasteiger partial charge in [-0.1, -0.05) is 23.2 Å². The van der Waals surface area contributed by atoms with E-state index in [1.807, 2.05) is 11.8 Å². The number of aliphatic hydroxyl groups excluding tert-OH is 1. The summed E-state index contributed by atoms with van der Waals surface area (Å²) in [6.07, 6.45) is 1.40. The Kier molecular flexibility index (Phi) is 4.09. The van der Waals surface area contributed by atoms with E-state index in [1.165, 1.54) is 0 Å². The van der Waals surface area contributed by atoms with Crippen molar-refractivity contribution in [3.8, 4) is 0 Å². The van der Waals surface area contributed by atoms with Gasteiger partial charge in [0, 0.05) is 19.3 Å². The minimum absolute atomic E-state index is 0.00789. The Morgan fingerprint density at radius 2 is 2.29 bits per heavy atom. The average Bonchev–Trinajstić information content (AvgIpc) is 2.28. The number of aliphatic hydroxyl groups is 1. The minimum Gasteiger partial charge on any atom is -0.394 e. The van der Waals surface area contributed by atoms with Crippen LogP contribution in [0.2, 0.25) is 10.0 Å². The van der Waals surface area contributed by atoms with Gasteiger partial charge in [0.2, 0.25) is 0 Å². The second kappa shape index (κ2) is 5.40. The molecule has 1 aliphatic rings. The van der Waals surface area contributed by atoms with Gasteiger partial charge in [0.1, 0.15) is 5.82 Å². The summed E-state index contributed by atoms with van der Waals surface area (Å²) < 4.78 is 5.56. The first kappa shape index (κ1) is 12.9. The predicted molar refractivity (Wildman–Crippen MR) is 67.9 cm³/mol. The number of ether oxygens (including phenoxy) is 1. The Bertz CT molecular complexity index is 403. The van der Waals surface area contributed by atoms with Gasteiger partial charge in [-0.05, 0) is 13.0 Å². The van der Waals surface area contributed by atoms with Crippen LogP contribution in [0.1, 0.15) is 6.92 Å². The quantitative estimate of drug-likeness (QED) is 0.897. The second-order valence-electron chi connectivity index (χ2n) is 4.12. The van der Waals surface area contributed by atoms with Crippen LogP contribution in [0.15, 0.2) is 12.3 Å².